The van der Waals surface area contributed by atoms with Crippen LogP contribution < -0.4 is 5.32 Å². The molecular formula is C21H18N4OS. The van der Waals surface area contributed by atoms with Crippen molar-refractivity contribution in [1.82, 2.24) is 14.5 Å². The van der Waals surface area contributed by atoms with Gasteiger partial charge in [-0.2, -0.15) is 0 Å². The van der Waals surface area contributed by atoms with Gasteiger partial charge in [-0.25, -0.2) is 4.98 Å². The number of thioether (sulfide) groups is 1. The monoisotopic (exact) mass is 374 g/mol. The molecule has 0 aliphatic heterocycles. The Morgan fingerprint density at radius 1 is 1.00 bits per heavy atom. The molecule has 4 rings (SSSR count). The van der Waals surface area contributed by atoms with Gasteiger partial charge >= 0.3 is 0 Å². The highest BCUT2D eigenvalue weighted by Crippen LogP contribution is 2.24. The summed E-state index contributed by atoms with van der Waals surface area (Å²) in [6, 6.07) is 21.7. The first-order valence-corrected chi connectivity index (χ1v) is 9.76. The molecule has 0 saturated carbocycles. The van der Waals surface area contributed by atoms with Crippen LogP contribution in [0.2, 0.25) is 0 Å². The molecule has 1 amide bonds. The number of hydrogen-bond acceptors (Lipinski definition) is 4. The summed E-state index contributed by atoms with van der Waals surface area (Å²) in [5.41, 5.74) is 3.87. The summed E-state index contributed by atoms with van der Waals surface area (Å²) < 4.78 is 1.97. The lowest BCUT2D eigenvalue weighted by molar-refractivity contribution is -0.113. The van der Waals surface area contributed by atoms with Crippen LogP contribution in [0.5, 0.6) is 0 Å². The largest absolute Gasteiger partial charge is 0.295 e. The van der Waals surface area contributed by atoms with E-state index in [0.717, 1.165) is 28.0 Å². The second-order valence-corrected chi connectivity index (χ2v) is 6.98. The Morgan fingerprint density at radius 3 is 2.63 bits per heavy atom. The van der Waals surface area contributed by atoms with Crippen LogP contribution in [0.4, 0.5) is 5.95 Å². The molecule has 4 aromatic rings. The van der Waals surface area contributed by atoms with Gasteiger partial charge in [0.05, 0.1) is 16.8 Å². The van der Waals surface area contributed by atoms with Gasteiger partial charge in [0.1, 0.15) is 0 Å². The van der Waals surface area contributed by atoms with Gasteiger partial charge in [0.25, 0.3) is 0 Å². The third kappa shape index (κ3) is 4.01. The molecule has 2 heterocycles. The Kier molecular flexibility index (Phi) is 5.16. The molecule has 2 aromatic heterocycles. The molecule has 0 fully saturated rings. The van der Waals surface area contributed by atoms with E-state index in [1.54, 1.807) is 18.0 Å². The third-order valence-electron chi connectivity index (χ3n) is 4.05. The number of pyridine rings is 1. The second-order valence-electron chi connectivity index (χ2n) is 6.00. The lowest BCUT2D eigenvalue weighted by atomic mass is 10.3. The number of aromatic nitrogens is 3. The maximum absolute atomic E-state index is 12.5. The Hall–Kier alpha value is -3.12. The number of anilines is 1. The van der Waals surface area contributed by atoms with Gasteiger partial charge in [0.2, 0.25) is 11.9 Å². The highest BCUT2D eigenvalue weighted by molar-refractivity contribution is 7.99. The SMILES string of the molecule is O=C(CSCc1cccnc1)Nc1nc2ccccc2n1-c1ccccc1. The minimum Gasteiger partial charge on any atom is -0.295 e. The maximum Gasteiger partial charge on any atom is 0.236 e. The van der Waals surface area contributed by atoms with Crippen LogP contribution in [0, 0.1) is 0 Å². The number of nitrogens with one attached hydrogen (secondary N) is 1. The Bertz CT molecular complexity index is 1050. The average Bonchev–Trinajstić information content (AvgIpc) is 3.07. The van der Waals surface area contributed by atoms with E-state index >= 15 is 0 Å². The number of rotatable bonds is 6. The standard InChI is InChI=1S/C21H18N4OS/c26-20(15-27-14-16-7-6-12-22-13-16)24-21-23-18-10-4-5-11-19(18)25(21)17-8-2-1-3-9-17/h1-13H,14-15H2,(H,23,24,26). The van der Waals surface area contributed by atoms with E-state index in [-0.39, 0.29) is 5.91 Å². The molecule has 0 spiro atoms. The molecule has 5 nitrogen and oxygen atoms in total. The van der Waals surface area contributed by atoms with Gasteiger partial charge in [-0.15, -0.1) is 11.8 Å². The molecule has 6 heteroatoms. The van der Waals surface area contributed by atoms with Gasteiger partial charge in [-0.3, -0.25) is 19.7 Å². The molecule has 27 heavy (non-hydrogen) atoms. The van der Waals surface area contributed by atoms with Gasteiger partial charge in [-0.1, -0.05) is 36.4 Å². The summed E-state index contributed by atoms with van der Waals surface area (Å²) in [5, 5.41) is 2.96. The molecule has 0 atom stereocenters. The van der Waals surface area contributed by atoms with Gasteiger partial charge in [0.15, 0.2) is 0 Å². The second kappa shape index (κ2) is 8.05. The molecule has 0 aliphatic rings. The number of fused-ring (bicyclic) bond motifs is 1. The smallest absolute Gasteiger partial charge is 0.236 e. The van der Waals surface area contributed by atoms with Crippen LogP contribution in [0.25, 0.3) is 16.7 Å². The number of para-hydroxylation sites is 3. The molecule has 0 aliphatic carbocycles. The molecule has 134 valence electrons. The number of carbonyl (C=O) groups is 1. The van der Waals surface area contributed by atoms with Crippen molar-refractivity contribution in [1.29, 1.82) is 0 Å². The minimum absolute atomic E-state index is 0.0728. The zero-order valence-electron chi connectivity index (χ0n) is 14.6. The van der Waals surface area contributed by atoms with E-state index in [1.165, 1.54) is 0 Å². The summed E-state index contributed by atoms with van der Waals surface area (Å²) in [6.07, 6.45) is 3.56. The quantitative estimate of drug-likeness (QED) is 0.547. The normalized spacial score (nSPS) is 10.8. The average molecular weight is 374 g/mol. The van der Waals surface area contributed by atoms with Gasteiger partial charge in [0, 0.05) is 23.8 Å². The molecule has 0 saturated heterocycles. The van der Waals surface area contributed by atoms with E-state index in [2.05, 4.69) is 15.3 Å². The molecular weight excluding hydrogens is 356 g/mol. The summed E-state index contributed by atoms with van der Waals surface area (Å²) in [7, 11) is 0. The van der Waals surface area contributed by atoms with Gasteiger partial charge < -0.3 is 0 Å². The first kappa shape index (κ1) is 17.3. The first-order chi connectivity index (χ1) is 13.3. The number of nitrogens with zero attached hydrogens (tertiary/aromatic N) is 3. The topological polar surface area (TPSA) is 59.8 Å². The fourth-order valence-corrected chi connectivity index (χ4v) is 3.62. The van der Waals surface area contributed by atoms with Crippen molar-refractivity contribution >= 4 is 34.7 Å². The van der Waals surface area contributed by atoms with Crippen LogP contribution in [0.3, 0.4) is 0 Å². The summed E-state index contributed by atoms with van der Waals surface area (Å²) in [4.78, 5) is 21.2. The van der Waals surface area contributed by atoms with E-state index in [1.807, 2.05) is 77.5 Å². The zero-order valence-corrected chi connectivity index (χ0v) is 15.4. The fourth-order valence-electron chi connectivity index (χ4n) is 2.85. The van der Waals surface area contributed by atoms with E-state index in [9.17, 15) is 4.79 Å². The maximum atomic E-state index is 12.5. The molecule has 0 bridgehead atoms. The predicted molar refractivity (Wildman–Crippen MR) is 110 cm³/mol. The number of hydrogen-bond donors (Lipinski definition) is 1. The Morgan fingerprint density at radius 2 is 1.81 bits per heavy atom. The Balaban J connectivity index is 1.52. The van der Waals surface area contributed by atoms with Crippen LogP contribution in [-0.4, -0.2) is 26.2 Å². The third-order valence-corrected chi connectivity index (χ3v) is 5.05. The molecule has 0 radical (unpaired) electrons. The van der Waals surface area contributed by atoms with Crippen LogP contribution in [0.15, 0.2) is 79.1 Å². The summed E-state index contributed by atoms with van der Waals surface area (Å²) in [5.74, 6) is 1.56. The van der Waals surface area contributed by atoms with Crippen molar-refractivity contribution in [3.05, 3.63) is 84.7 Å². The Labute approximate surface area is 161 Å². The van der Waals surface area contributed by atoms with Crippen LogP contribution in [0.1, 0.15) is 5.56 Å². The lowest BCUT2D eigenvalue weighted by Crippen LogP contribution is -2.17. The van der Waals surface area contributed by atoms with Crippen molar-refractivity contribution in [2.45, 2.75) is 5.75 Å². The number of benzene rings is 2. The number of imidazole rings is 1. The van der Waals surface area contributed by atoms with Crippen LogP contribution in [-0.2, 0) is 10.5 Å². The van der Waals surface area contributed by atoms with Crippen LogP contribution >= 0.6 is 11.8 Å². The van der Waals surface area contributed by atoms with E-state index in [0.29, 0.717) is 11.7 Å². The number of carbonyl (C=O) groups excluding carboxylic acids is 1. The summed E-state index contributed by atoms with van der Waals surface area (Å²) in [6.45, 7) is 0. The predicted octanol–water partition coefficient (Wildman–Crippen LogP) is 4.29. The lowest BCUT2D eigenvalue weighted by Gasteiger charge is -2.10. The van der Waals surface area contributed by atoms with Crippen molar-refractivity contribution < 1.29 is 4.79 Å². The first-order valence-electron chi connectivity index (χ1n) is 8.61. The van der Waals surface area contributed by atoms with E-state index in [4.69, 9.17) is 0 Å². The van der Waals surface area contributed by atoms with Crippen molar-refractivity contribution in [2.24, 2.45) is 0 Å². The van der Waals surface area contributed by atoms with Crippen molar-refractivity contribution in [3.8, 4) is 5.69 Å². The highest BCUT2D eigenvalue weighted by Gasteiger charge is 2.14. The fraction of sp³-hybridized carbons (Fsp3) is 0.0952. The molecule has 0 unspecified atom stereocenters. The van der Waals surface area contributed by atoms with E-state index < -0.39 is 0 Å². The minimum atomic E-state index is -0.0728. The zero-order chi connectivity index (χ0) is 18.5. The molecule has 2 aromatic carbocycles. The van der Waals surface area contributed by atoms with Gasteiger partial charge in [-0.05, 0) is 35.9 Å². The van der Waals surface area contributed by atoms with Crippen molar-refractivity contribution in [3.63, 3.8) is 0 Å². The molecule has 1 N–H and O–H groups in total. The van der Waals surface area contributed by atoms with Crippen molar-refractivity contribution in [2.75, 3.05) is 11.1 Å². The summed E-state index contributed by atoms with van der Waals surface area (Å²) >= 11 is 1.55. The number of amides is 1. The highest BCUT2D eigenvalue weighted by atomic mass is 32.2.